The molecule has 0 aromatic rings. The van der Waals surface area contributed by atoms with Gasteiger partial charge in [-0.2, -0.15) is 0 Å². The van der Waals surface area contributed by atoms with Gasteiger partial charge in [0.15, 0.2) is 0 Å². The first kappa shape index (κ1) is 45.3. The maximum atomic E-state index is 12.6. The lowest BCUT2D eigenvalue weighted by molar-refractivity contribution is -0.147. The number of esters is 1. The van der Waals surface area contributed by atoms with Gasteiger partial charge in [0.05, 0.1) is 13.2 Å². The second-order valence-corrected chi connectivity index (χ2v) is 13.0. The molecule has 0 aliphatic carbocycles. The third-order valence-corrected chi connectivity index (χ3v) is 8.41. The average Bonchev–Trinajstić information content (AvgIpc) is 3.07. The van der Waals surface area contributed by atoms with E-state index < -0.39 is 24.5 Å². The van der Waals surface area contributed by atoms with Crippen molar-refractivity contribution in [2.24, 2.45) is 0 Å². The number of carbonyl (C=O) groups is 4. The highest BCUT2D eigenvalue weighted by atomic mass is 16.5. The first-order valence-corrected chi connectivity index (χ1v) is 19.2. The van der Waals surface area contributed by atoms with E-state index in [0.29, 0.717) is 12.8 Å². The van der Waals surface area contributed by atoms with Gasteiger partial charge in [0.25, 0.3) is 0 Å². The summed E-state index contributed by atoms with van der Waals surface area (Å²) in [5.41, 5.74) is 0. The van der Waals surface area contributed by atoms with Crippen LogP contribution in [-0.4, -0.2) is 59.3 Å². The Labute approximate surface area is 292 Å². The molecule has 48 heavy (non-hydrogen) atoms. The standard InChI is InChI=1S/C39H70N2O7/c1-3-5-7-9-10-11-12-13-14-15-16-17-18-19-20-21-27-31-38(45)48-34(28-24-8-6-4-2)29-25-22-23-26-30-36(43)40-32-37(44)41-35(33-42)39(46)47/h13-14,24,28,34-35,42H,3-12,15-23,25-27,29-33H2,1-2H3,(H,40,43)(H,41,44)(H,46,47)/b14-13-,28-24-. The molecule has 0 aliphatic rings. The number of allylic oxidation sites excluding steroid dienone is 3. The number of hydrogen-bond donors (Lipinski definition) is 4. The molecule has 0 aliphatic heterocycles. The van der Waals surface area contributed by atoms with Gasteiger partial charge in [0.1, 0.15) is 12.1 Å². The van der Waals surface area contributed by atoms with Crippen molar-refractivity contribution in [1.82, 2.24) is 10.6 Å². The number of hydrogen-bond acceptors (Lipinski definition) is 6. The maximum absolute atomic E-state index is 12.6. The van der Waals surface area contributed by atoms with E-state index >= 15 is 0 Å². The summed E-state index contributed by atoms with van der Waals surface area (Å²) in [6.07, 6.45) is 35.4. The number of amides is 2. The molecule has 0 bridgehead atoms. The topological polar surface area (TPSA) is 142 Å². The van der Waals surface area contributed by atoms with Crippen LogP contribution in [0.2, 0.25) is 0 Å². The van der Waals surface area contributed by atoms with Crippen LogP contribution in [0, 0.1) is 0 Å². The third-order valence-electron chi connectivity index (χ3n) is 8.41. The molecule has 0 aromatic carbocycles. The number of aliphatic carboxylic acids is 1. The van der Waals surface area contributed by atoms with Crippen molar-refractivity contribution in [2.75, 3.05) is 13.2 Å². The van der Waals surface area contributed by atoms with Crippen molar-refractivity contribution in [2.45, 2.75) is 187 Å². The number of carboxylic acids is 1. The molecule has 9 heteroatoms. The van der Waals surface area contributed by atoms with Crippen LogP contribution in [0.15, 0.2) is 24.3 Å². The molecule has 2 unspecified atom stereocenters. The fraction of sp³-hybridized carbons (Fsp3) is 0.795. The molecule has 0 heterocycles. The highest BCUT2D eigenvalue weighted by molar-refractivity contribution is 5.87. The van der Waals surface area contributed by atoms with Gasteiger partial charge < -0.3 is 25.6 Å². The second-order valence-electron chi connectivity index (χ2n) is 13.0. The van der Waals surface area contributed by atoms with E-state index in [0.717, 1.165) is 57.8 Å². The van der Waals surface area contributed by atoms with Crippen molar-refractivity contribution in [3.8, 4) is 0 Å². The van der Waals surface area contributed by atoms with E-state index in [1.54, 1.807) is 0 Å². The van der Waals surface area contributed by atoms with Gasteiger partial charge in [0, 0.05) is 12.8 Å². The minimum atomic E-state index is -1.39. The summed E-state index contributed by atoms with van der Waals surface area (Å²) < 4.78 is 5.82. The highest BCUT2D eigenvalue weighted by Gasteiger charge is 2.18. The number of aliphatic hydroxyl groups is 1. The Bertz CT molecular complexity index is 874. The van der Waals surface area contributed by atoms with Gasteiger partial charge in [0.2, 0.25) is 11.8 Å². The average molecular weight is 679 g/mol. The molecule has 2 amide bonds. The van der Waals surface area contributed by atoms with E-state index in [4.69, 9.17) is 14.9 Å². The van der Waals surface area contributed by atoms with Crippen molar-refractivity contribution in [1.29, 1.82) is 0 Å². The maximum Gasteiger partial charge on any atom is 0.328 e. The largest absolute Gasteiger partial charge is 0.480 e. The molecule has 0 radical (unpaired) electrons. The van der Waals surface area contributed by atoms with Crippen molar-refractivity contribution < 1.29 is 34.1 Å². The Kier molecular flexibility index (Phi) is 32.3. The predicted octanol–water partition coefficient (Wildman–Crippen LogP) is 8.48. The van der Waals surface area contributed by atoms with Gasteiger partial charge in [-0.15, -0.1) is 0 Å². The molecule has 278 valence electrons. The molecule has 0 rings (SSSR count). The molecular weight excluding hydrogens is 608 g/mol. The number of ether oxygens (including phenoxy) is 1. The molecule has 2 atom stereocenters. The minimum absolute atomic E-state index is 0.123. The summed E-state index contributed by atoms with van der Waals surface area (Å²) >= 11 is 0. The van der Waals surface area contributed by atoms with Gasteiger partial charge >= 0.3 is 11.9 Å². The molecular formula is C39H70N2O7. The number of carbonyl (C=O) groups excluding carboxylic acids is 3. The van der Waals surface area contributed by atoms with Crippen molar-refractivity contribution >= 4 is 23.8 Å². The molecule has 0 spiro atoms. The molecule has 0 fully saturated rings. The Hall–Kier alpha value is -2.68. The fourth-order valence-electron chi connectivity index (χ4n) is 5.37. The first-order valence-electron chi connectivity index (χ1n) is 19.2. The summed E-state index contributed by atoms with van der Waals surface area (Å²) in [5, 5.41) is 22.4. The van der Waals surface area contributed by atoms with Crippen LogP contribution in [0.3, 0.4) is 0 Å². The van der Waals surface area contributed by atoms with Crippen LogP contribution >= 0.6 is 0 Å². The Balaban J connectivity index is 4.02. The van der Waals surface area contributed by atoms with Crippen molar-refractivity contribution in [3.05, 3.63) is 24.3 Å². The van der Waals surface area contributed by atoms with E-state index in [2.05, 4.69) is 42.7 Å². The van der Waals surface area contributed by atoms with E-state index in [9.17, 15) is 19.2 Å². The lowest BCUT2D eigenvalue weighted by Crippen LogP contribution is -2.47. The SMILES string of the molecule is CCCC/C=C\C(CCCCCCC(=O)NCC(=O)NC(CO)C(=O)O)OC(=O)CCCCCCCCC/C=C\CCCCCCCC. The van der Waals surface area contributed by atoms with Gasteiger partial charge in [-0.3, -0.25) is 14.4 Å². The summed E-state index contributed by atoms with van der Waals surface area (Å²) in [6, 6.07) is -1.39. The summed E-state index contributed by atoms with van der Waals surface area (Å²) in [6.45, 7) is 3.36. The smallest absolute Gasteiger partial charge is 0.328 e. The summed E-state index contributed by atoms with van der Waals surface area (Å²) in [4.78, 5) is 47.2. The number of aliphatic hydroxyl groups excluding tert-OH is 1. The van der Waals surface area contributed by atoms with Gasteiger partial charge in [-0.1, -0.05) is 122 Å². The molecule has 0 saturated heterocycles. The van der Waals surface area contributed by atoms with Crippen LogP contribution in [0.5, 0.6) is 0 Å². The van der Waals surface area contributed by atoms with Crippen molar-refractivity contribution in [3.63, 3.8) is 0 Å². The monoisotopic (exact) mass is 679 g/mol. The highest BCUT2D eigenvalue weighted by Crippen LogP contribution is 2.15. The first-order chi connectivity index (χ1) is 23.3. The molecule has 0 aromatic heterocycles. The molecule has 0 saturated carbocycles. The van der Waals surface area contributed by atoms with Crippen LogP contribution in [0.4, 0.5) is 0 Å². The summed E-state index contributed by atoms with van der Waals surface area (Å²) in [5.74, 6) is -2.41. The van der Waals surface area contributed by atoms with E-state index in [-0.39, 0.29) is 30.9 Å². The Morgan fingerprint density at radius 2 is 1.15 bits per heavy atom. The Morgan fingerprint density at radius 1 is 0.625 bits per heavy atom. The summed E-state index contributed by atoms with van der Waals surface area (Å²) in [7, 11) is 0. The minimum Gasteiger partial charge on any atom is -0.480 e. The number of nitrogens with one attached hydrogen (secondary N) is 2. The number of rotatable bonds is 34. The van der Waals surface area contributed by atoms with Gasteiger partial charge in [-0.05, 0) is 63.9 Å². The molecule has 9 nitrogen and oxygen atoms in total. The fourth-order valence-corrected chi connectivity index (χ4v) is 5.37. The second kappa shape index (κ2) is 34.2. The van der Waals surface area contributed by atoms with Crippen LogP contribution < -0.4 is 10.6 Å². The Morgan fingerprint density at radius 3 is 1.73 bits per heavy atom. The van der Waals surface area contributed by atoms with Gasteiger partial charge in [-0.25, -0.2) is 4.79 Å². The predicted molar refractivity (Wildman–Crippen MR) is 195 cm³/mol. The van der Waals surface area contributed by atoms with Crippen LogP contribution in [-0.2, 0) is 23.9 Å². The normalized spacial score (nSPS) is 12.7. The zero-order valence-electron chi connectivity index (χ0n) is 30.5. The van der Waals surface area contributed by atoms with Crippen LogP contribution in [0.25, 0.3) is 0 Å². The quantitative estimate of drug-likeness (QED) is 0.0304. The lowest BCUT2D eigenvalue weighted by atomic mass is 10.1. The number of carboxylic acid groups (broad SMARTS) is 1. The zero-order valence-corrected chi connectivity index (χ0v) is 30.5. The van der Waals surface area contributed by atoms with E-state index in [1.807, 2.05) is 6.08 Å². The number of unbranched alkanes of at least 4 members (excludes halogenated alkanes) is 18. The lowest BCUT2D eigenvalue weighted by Gasteiger charge is -2.15. The van der Waals surface area contributed by atoms with Crippen LogP contribution in [0.1, 0.15) is 174 Å². The third kappa shape index (κ3) is 30.6. The molecule has 4 N–H and O–H groups in total. The zero-order chi connectivity index (χ0) is 35.5. The van der Waals surface area contributed by atoms with E-state index in [1.165, 1.54) is 83.5 Å².